The lowest BCUT2D eigenvalue weighted by Gasteiger charge is -2.48. The molecule has 2 aromatic rings. The van der Waals surface area contributed by atoms with Crippen molar-refractivity contribution in [2.75, 3.05) is 5.75 Å². The fourth-order valence-electron chi connectivity index (χ4n) is 4.82. The van der Waals surface area contributed by atoms with Crippen LogP contribution in [-0.2, 0) is 36.7 Å². The molecule has 0 radical (unpaired) electrons. The van der Waals surface area contributed by atoms with Gasteiger partial charge in [-0.25, -0.2) is 9.59 Å². The number of nitrogens with zero attached hydrogens (tertiary/aromatic N) is 3. The third-order valence-corrected chi connectivity index (χ3v) is 16.1. The number of alkyl carbamates (subject to hydrolysis) is 1. The largest absolute Gasteiger partial charge is 0.456 e. The van der Waals surface area contributed by atoms with E-state index >= 15 is 0 Å². The molecule has 1 saturated heterocycles. The number of nitro groups is 2. The molecule has 2 aliphatic rings. The molecule has 17 heteroatoms. The first-order valence-electron chi connectivity index (χ1n) is 15.5. The van der Waals surface area contributed by atoms with E-state index in [0.29, 0.717) is 21.1 Å². The summed E-state index contributed by atoms with van der Waals surface area (Å²) >= 11 is 2.69. The molecule has 264 valence electrons. The maximum atomic E-state index is 13.6. The predicted molar refractivity (Wildman–Crippen MR) is 188 cm³/mol. The SMILES string of the molecule is CC(CSC1=C(C(=O)OCc2ccc([N+](=O)[O-])cc2)N2C(=O)C(C(C)O[Si](C)(C)C(C)(C)C)[C@H]2S1)NC(=O)OCc1ccc([N+](=O)[O-])cc1. The molecule has 1 N–H and O–H groups in total. The zero-order chi connectivity index (χ0) is 36.3. The zero-order valence-corrected chi connectivity index (χ0v) is 30.9. The summed E-state index contributed by atoms with van der Waals surface area (Å²) in [6.07, 6.45) is -1.06. The first kappa shape index (κ1) is 37.9. The van der Waals surface area contributed by atoms with Crippen LogP contribution in [0.1, 0.15) is 45.7 Å². The third-order valence-electron chi connectivity index (χ3n) is 8.59. The van der Waals surface area contributed by atoms with Gasteiger partial charge in [0, 0.05) is 36.1 Å². The highest BCUT2D eigenvalue weighted by atomic mass is 32.2. The molecule has 4 rings (SSSR count). The maximum Gasteiger partial charge on any atom is 0.407 e. The van der Waals surface area contributed by atoms with Crippen molar-refractivity contribution in [3.8, 4) is 0 Å². The Hall–Kier alpha value is -3.93. The van der Waals surface area contributed by atoms with Crippen molar-refractivity contribution in [1.82, 2.24) is 10.2 Å². The van der Waals surface area contributed by atoms with Crippen LogP contribution in [0, 0.1) is 26.1 Å². The lowest BCUT2D eigenvalue weighted by Crippen LogP contribution is -2.62. The van der Waals surface area contributed by atoms with Crippen LogP contribution in [0.15, 0.2) is 58.5 Å². The highest BCUT2D eigenvalue weighted by Crippen LogP contribution is 2.55. The van der Waals surface area contributed by atoms with E-state index in [1.807, 2.05) is 6.92 Å². The first-order chi connectivity index (χ1) is 22.9. The van der Waals surface area contributed by atoms with Crippen LogP contribution in [0.5, 0.6) is 0 Å². The number of carbonyl (C=O) groups excluding carboxylic acids is 3. The number of non-ortho nitro benzene ring substituents is 2. The number of β-lactam (4-membered cyclic amide) rings is 1. The van der Waals surface area contributed by atoms with E-state index in [-0.39, 0.29) is 52.7 Å². The van der Waals surface area contributed by atoms with Crippen molar-refractivity contribution in [1.29, 1.82) is 0 Å². The zero-order valence-electron chi connectivity index (χ0n) is 28.3. The Kier molecular flexibility index (Phi) is 11.8. The van der Waals surface area contributed by atoms with Gasteiger partial charge in [0.1, 0.15) is 18.6 Å². The van der Waals surface area contributed by atoms with Gasteiger partial charge >= 0.3 is 12.1 Å². The van der Waals surface area contributed by atoms with Gasteiger partial charge in [-0.2, -0.15) is 0 Å². The Morgan fingerprint density at radius 1 is 0.959 bits per heavy atom. The van der Waals surface area contributed by atoms with Crippen LogP contribution in [0.25, 0.3) is 0 Å². The molecule has 0 aliphatic carbocycles. The van der Waals surface area contributed by atoms with Crippen molar-refractivity contribution in [2.45, 2.75) is 83.5 Å². The van der Waals surface area contributed by atoms with Gasteiger partial charge in [0.15, 0.2) is 14.0 Å². The summed E-state index contributed by atoms with van der Waals surface area (Å²) in [5.74, 6) is -1.07. The van der Waals surface area contributed by atoms with Crippen LogP contribution >= 0.6 is 23.5 Å². The smallest absolute Gasteiger partial charge is 0.407 e. The summed E-state index contributed by atoms with van der Waals surface area (Å²) in [5.41, 5.74) is 1.10. The van der Waals surface area contributed by atoms with Gasteiger partial charge in [-0.1, -0.05) is 32.5 Å². The molecule has 14 nitrogen and oxygen atoms in total. The molecule has 3 unspecified atom stereocenters. The van der Waals surface area contributed by atoms with Crippen LogP contribution in [0.3, 0.4) is 0 Å². The summed E-state index contributed by atoms with van der Waals surface area (Å²) in [6.45, 7) is 14.1. The summed E-state index contributed by atoms with van der Waals surface area (Å²) in [6, 6.07) is 10.9. The van der Waals surface area contributed by atoms with Crippen molar-refractivity contribution >= 4 is 61.2 Å². The number of hydrogen-bond donors (Lipinski definition) is 1. The number of nitro benzene ring substituents is 2. The minimum absolute atomic E-state index is 0.0607. The lowest BCUT2D eigenvalue weighted by atomic mass is 9.92. The minimum atomic E-state index is -2.20. The second kappa shape index (κ2) is 15.3. The Bertz CT molecular complexity index is 1630. The van der Waals surface area contributed by atoms with Crippen LogP contribution in [0.4, 0.5) is 16.2 Å². The number of carbonyl (C=O) groups is 3. The number of hydrogen-bond acceptors (Lipinski definition) is 12. The number of ether oxygens (including phenoxy) is 2. The van der Waals surface area contributed by atoms with E-state index in [0.717, 1.165) is 0 Å². The standard InChI is InChI=1S/C32H40N4O10S2Si/c1-19(33-31(39)45-17-22-10-14-24(15-11-22)36(42)43)18-47-30-26(29(38)44-16-21-8-12-23(13-9-21)35(40)41)34-27(37)25(28(34)48-30)20(2)46-49(6,7)32(3,4)5/h8-15,19-20,25,28H,16-18H2,1-7H3,(H,33,39)/t19?,20?,25?,28-/m1/s1. The number of nitrogens with one attached hydrogen (secondary N) is 1. The molecule has 2 aliphatic heterocycles. The predicted octanol–water partition coefficient (Wildman–Crippen LogP) is 6.71. The molecule has 4 atom stereocenters. The van der Waals surface area contributed by atoms with Gasteiger partial charge < -0.3 is 19.2 Å². The van der Waals surface area contributed by atoms with Gasteiger partial charge in [-0.3, -0.25) is 29.9 Å². The van der Waals surface area contributed by atoms with Crippen molar-refractivity contribution in [2.24, 2.45) is 5.92 Å². The van der Waals surface area contributed by atoms with E-state index in [1.54, 1.807) is 6.92 Å². The fourth-order valence-corrected chi connectivity index (χ4v) is 9.14. The van der Waals surface area contributed by atoms with Crippen molar-refractivity contribution < 1.29 is 38.1 Å². The van der Waals surface area contributed by atoms with E-state index < -0.39 is 42.2 Å². The summed E-state index contributed by atoms with van der Waals surface area (Å²) in [4.78, 5) is 61.9. The van der Waals surface area contributed by atoms with Gasteiger partial charge in [0.05, 0.1) is 26.1 Å². The molecule has 2 amide bonds. The summed E-state index contributed by atoms with van der Waals surface area (Å²) in [5, 5.41) is 24.2. The Balaban J connectivity index is 1.42. The minimum Gasteiger partial charge on any atom is -0.456 e. The number of esters is 1. The Morgan fingerprint density at radius 2 is 1.47 bits per heavy atom. The Labute approximate surface area is 293 Å². The number of rotatable bonds is 14. The highest BCUT2D eigenvalue weighted by molar-refractivity contribution is 8.22. The number of benzene rings is 2. The molecule has 1 fully saturated rings. The number of fused-ring (bicyclic) bond motifs is 1. The van der Waals surface area contributed by atoms with Gasteiger partial charge in [-0.05, 0) is 67.4 Å². The second-order valence-electron chi connectivity index (χ2n) is 13.3. The number of amides is 2. The highest BCUT2D eigenvalue weighted by Gasteiger charge is 2.59. The van der Waals surface area contributed by atoms with Gasteiger partial charge in [0.2, 0.25) is 5.91 Å². The molecular weight excluding hydrogens is 693 g/mol. The maximum absolute atomic E-state index is 13.6. The summed E-state index contributed by atoms with van der Waals surface area (Å²) < 4.78 is 18.0. The van der Waals surface area contributed by atoms with Gasteiger partial charge in [-0.15, -0.1) is 11.8 Å². The van der Waals surface area contributed by atoms with E-state index in [1.165, 1.54) is 77.0 Å². The third kappa shape index (κ3) is 9.00. The number of thioether (sulfide) groups is 2. The van der Waals surface area contributed by atoms with Crippen molar-refractivity contribution in [3.05, 3.63) is 89.8 Å². The molecule has 0 spiro atoms. The molecule has 0 saturated carbocycles. The van der Waals surface area contributed by atoms with Crippen LogP contribution in [-0.4, -0.2) is 64.3 Å². The first-order valence-corrected chi connectivity index (χ1v) is 20.3. The molecule has 2 heterocycles. The van der Waals surface area contributed by atoms with Gasteiger partial charge in [0.25, 0.3) is 11.4 Å². The molecule has 0 bridgehead atoms. The fraction of sp³-hybridized carbons (Fsp3) is 0.469. The average Bonchev–Trinajstić information content (AvgIpc) is 3.35. The molecule has 2 aromatic carbocycles. The van der Waals surface area contributed by atoms with E-state index in [4.69, 9.17) is 13.9 Å². The van der Waals surface area contributed by atoms with E-state index in [2.05, 4.69) is 39.2 Å². The summed E-state index contributed by atoms with van der Waals surface area (Å²) in [7, 11) is -2.20. The lowest BCUT2D eigenvalue weighted by molar-refractivity contribution is -0.385. The second-order valence-corrected chi connectivity index (χ2v) is 20.5. The average molecular weight is 733 g/mol. The normalized spacial score (nSPS) is 18.7. The topological polar surface area (TPSA) is 180 Å². The molecule has 49 heavy (non-hydrogen) atoms. The van der Waals surface area contributed by atoms with Crippen LogP contribution in [0.2, 0.25) is 18.1 Å². The molecular formula is C32H40N4O10S2Si. The van der Waals surface area contributed by atoms with Crippen molar-refractivity contribution in [3.63, 3.8) is 0 Å². The molecule has 0 aromatic heterocycles. The Morgan fingerprint density at radius 3 is 1.96 bits per heavy atom. The quantitative estimate of drug-likeness (QED) is 0.0715. The van der Waals surface area contributed by atoms with Crippen LogP contribution < -0.4 is 5.32 Å². The monoisotopic (exact) mass is 732 g/mol. The van der Waals surface area contributed by atoms with E-state index in [9.17, 15) is 34.6 Å².